The molecule has 0 aliphatic carbocycles. The topological polar surface area (TPSA) is 166 Å². The van der Waals surface area contributed by atoms with Crippen LogP contribution in [0.5, 0.6) is 0 Å². The van der Waals surface area contributed by atoms with E-state index in [0.717, 1.165) is 3.57 Å². The van der Waals surface area contributed by atoms with Gasteiger partial charge in [-0.3, -0.25) is 4.79 Å². The van der Waals surface area contributed by atoms with Crippen LogP contribution < -0.4 is 15.4 Å². The SMILES string of the molecule is CC(C)(C)OC(=O)CC[C@H](NC(=O)N[C@@H](CCCCNS(=O)(=O)c1ccc(I)cc1)C(=O)OC(C)(C)C)C(=O)OC(C)(C)C. The van der Waals surface area contributed by atoms with Crippen LogP contribution in [0.1, 0.15) is 94.4 Å². The zero-order chi connectivity index (χ0) is 33.9. The number of urea groups is 1. The van der Waals surface area contributed by atoms with Crippen LogP contribution in [0.25, 0.3) is 0 Å². The molecule has 1 rings (SSSR count). The van der Waals surface area contributed by atoms with Gasteiger partial charge in [-0.2, -0.15) is 0 Å². The summed E-state index contributed by atoms with van der Waals surface area (Å²) >= 11 is 2.09. The lowest BCUT2D eigenvalue weighted by molar-refractivity contribution is -0.159. The van der Waals surface area contributed by atoms with Gasteiger partial charge >= 0.3 is 23.9 Å². The fraction of sp³-hybridized carbons (Fsp3) is 0.667. The van der Waals surface area contributed by atoms with Crippen molar-refractivity contribution in [1.82, 2.24) is 15.4 Å². The van der Waals surface area contributed by atoms with Gasteiger partial charge in [0.15, 0.2) is 0 Å². The number of carbonyl (C=O) groups excluding carboxylic acids is 4. The van der Waals surface area contributed by atoms with Crippen molar-refractivity contribution in [3.05, 3.63) is 27.8 Å². The van der Waals surface area contributed by atoms with Gasteiger partial charge in [-0.15, -0.1) is 0 Å². The number of carbonyl (C=O) groups is 4. The first kappa shape index (κ1) is 39.6. The van der Waals surface area contributed by atoms with Gasteiger partial charge in [-0.1, -0.05) is 0 Å². The highest BCUT2D eigenvalue weighted by Crippen LogP contribution is 2.16. The molecular formula is C30H48IN3O9S. The third-order valence-corrected chi connectivity index (χ3v) is 7.58. The number of rotatable bonds is 14. The predicted molar refractivity (Wildman–Crippen MR) is 174 cm³/mol. The molecule has 250 valence electrons. The van der Waals surface area contributed by atoms with Crippen molar-refractivity contribution in [1.29, 1.82) is 0 Å². The van der Waals surface area contributed by atoms with E-state index in [1.54, 1.807) is 74.4 Å². The molecule has 44 heavy (non-hydrogen) atoms. The lowest BCUT2D eigenvalue weighted by Gasteiger charge is -2.27. The monoisotopic (exact) mass is 753 g/mol. The van der Waals surface area contributed by atoms with Crippen molar-refractivity contribution in [3.8, 4) is 0 Å². The summed E-state index contributed by atoms with van der Waals surface area (Å²) in [5.41, 5.74) is -2.40. The van der Waals surface area contributed by atoms with Crippen molar-refractivity contribution in [2.45, 2.75) is 128 Å². The second-order valence-corrected chi connectivity index (χ2v) is 16.3. The lowest BCUT2D eigenvalue weighted by Crippen LogP contribution is -2.53. The number of ether oxygens (including phenoxy) is 3. The van der Waals surface area contributed by atoms with Gasteiger partial charge in [0.1, 0.15) is 28.9 Å². The molecule has 0 saturated heterocycles. The minimum atomic E-state index is -3.70. The number of unbranched alkanes of at least 4 members (excludes halogenated alkanes) is 1. The molecule has 0 bridgehead atoms. The van der Waals surface area contributed by atoms with Gasteiger partial charge in [0.2, 0.25) is 10.0 Å². The Morgan fingerprint density at radius 2 is 1.18 bits per heavy atom. The standard InChI is InChI=1S/C30H48IN3O9S/c1-28(2,3)41-24(35)18-17-23(26(37)43-30(7,8)9)34-27(38)33-22(25(36)42-29(4,5)6)12-10-11-19-32-44(39,40)21-15-13-20(31)14-16-21/h13-16,22-23,32H,10-12,17-19H2,1-9H3,(H2,33,34,38)/t22-,23-/m0/s1. The largest absolute Gasteiger partial charge is 0.460 e. The van der Waals surface area contributed by atoms with E-state index < -0.39 is 62.8 Å². The molecule has 0 unspecified atom stereocenters. The molecule has 0 radical (unpaired) electrons. The Bertz CT molecular complexity index is 1230. The third-order valence-electron chi connectivity index (χ3n) is 5.39. The van der Waals surface area contributed by atoms with E-state index in [0.29, 0.717) is 12.8 Å². The number of halogens is 1. The molecule has 0 heterocycles. The van der Waals surface area contributed by atoms with E-state index in [9.17, 15) is 27.6 Å². The van der Waals surface area contributed by atoms with E-state index in [4.69, 9.17) is 14.2 Å². The Hall–Kier alpha value is -2.46. The van der Waals surface area contributed by atoms with Gasteiger partial charge in [0.25, 0.3) is 0 Å². The number of hydrogen-bond acceptors (Lipinski definition) is 9. The third kappa shape index (κ3) is 17.1. The molecule has 0 aliphatic heterocycles. The molecule has 2 atom stereocenters. The van der Waals surface area contributed by atoms with Gasteiger partial charge in [0, 0.05) is 16.5 Å². The maximum absolute atomic E-state index is 13.0. The minimum absolute atomic E-state index is 0.0882. The first-order chi connectivity index (χ1) is 20.0. The van der Waals surface area contributed by atoms with Crippen LogP contribution in [0.2, 0.25) is 0 Å². The Labute approximate surface area is 275 Å². The normalized spacial score (nSPS) is 13.8. The molecule has 3 N–H and O–H groups in total. The second kappa shape index (κ2) is 16.7. The van der Waals surface area contributed by atoms with Crippen molar-refractivity contribution >= 4 is 56.6 Å². The fourth-order valence-electron chi connectivity index (χ4n) is 3.63. The molecule has 1 aromatic carbocycles. The Morgan fingerprint density at radius 1 is 0.727 bits per heavy atom. The van der Waals surface area contributed by atoms with E-state index in [2.05, 4.69) is 37.9 Å². The van der Waals surface area contributed by atoms with Crippen LogP contribution in [-0.2, 0) is 38.6 Å². The Balaban J connectivity index is 2.90. The molecule has 2 amide bonds. The van der Waals surface area contributed by atoms with Crippen LogP contribution in [0.4, 0.5) is 4.79 Å². The fourth-order valence-corrected chi connectivity index (χ4v) is 5.07. The second-order valence-electron chi connectivity index (χ2n) is 13.3. The average Bonchev–Trinajstić information content (AvgIpc) is 2.82. The highest BCUT2D eigenvalue weighted by molar-refractivity contribution is 14.1. The van der Waals surface area contributed by atoms with Crippen molar-refractivity contribution in [2.24, 2.45) is 0 Å². The average molecular weight is 754 g/mol. The maximum atomic E-state index is 13.0. The molecule has 12 nitrogen and oxygen atoms in total. The molecule has 0 spiro atoms. The van der Waals surface area contributed by atoms with Crippen LogP contribution in [0.3, 0.4) is 0 Å². The number of esters is 3. The highest BCUT2D eigenvalue weighted by Gasteiger charge is 2.31. The maximum Gasteiger partial charge on any atom is 0.329 e. The lowest BCUT2D eigenvalue weighted by atomic mass is 10.1. The number of amides is 2. The summed E-state index contributed by atoms with van der Waals surface area (Å²) in [5.74, 6) is -1.97. The Kier molecular flexibility index (Phi) is 15.0. The van der Waals surface area contributed by atoms with Crippen molar-refractivity contribution in [3.63, 3.8) is 0 Å². The van der Waals surface area contributed by atoms with Crippen LogP contribution in [0, 0.1) is 3.57 Å². The molecule has 1 aromatic rings. The van der Waals surface area contributed by atoms with Gasteiger partial charge in [-0.25, -0.2) is 27.5 Å². The first-order valence-corrected chi connectivity index (χ1v) is 17.0. The van der Waals surface area contributed by atoms with Crippen molar-refractivity contribution < 1.29 is 41.8 Å². The molecule has 0 saturated carbocycles. The van der Waals surface area contributed by atoms with Crippen LogP contribution in [0.15, 0.2) is 29.2 Å². The van der Waals surface area contributed by atoms with Crippen LogP contribution in [-0.4, -0.2) is 67.8 Å². The molecule has 0 aromatic heterocycles. The number of hydrogen-bond donors (Lipinski definition) is 3. The zero-order valence-electron chi connectivity index (χ0n) is 27.2. The van der Waals surface area contributed by atoms with Gasteiger partial charge in [0.05, 0.1) is 4.90 Å². The zero-order valence-corrected chi connectivity index (χ0v) is 30.1. The quantitative estimate of drug-likeness (QED) is 0.107. The van der Waals surface area contributed by atoms with E-state index >= 15 is 0 Å². The first-order valence-electron chi connectivity index (χ1n) is 14.5. The predicted octanol–water partition coefficient (Wildman–Crippen LogP) is 4.58. The molecular weight excluding hydrogens is 705 g/mol. The summed E-state index contributed by atoms with van der Waals surface area (Å²) in [4.78, 5) is 51.3. The molecule has 0 aliphatic rings. The summed E-state index contributed by atoms with van der Waals surface area (Å²) < 4.78 is 44.7. The number of sulfonamides is 1. The Morgan fingerprint density at radius 3 is 1.64 bits per heavy atom. The van der Waals surface area contributed by atoms with Gasteiger partial charge in [-0.05, 0) is 135 Å². The molecule has 0 fully saturated rings. The molecule has 14 heteroatoms. The summed E-state index contributed by atoms with van der Waals surface area (Å²) in [6, 6.07) is 3.31. The van der Waals surface area contributed by atoms with E-state index in [1.807, 2.05) is 0 Å². The summed E-state index contributed by atoms with van der Waals surface area (Å²) in [5, 5.41) is 5.08. The highest BCUT2D eigenvalue weighted by atomic mass is 127. The summed E-state index contributed by atoms with van der Waals surface area (Å²) in [6.45, 7) is 15.4. The van der Waals surface area contributed by atoms with E-state index in [-0.39, 0.29) is 30.7 Å². The van der Waals surface area contributed by atoms with E-state index in [1.165, 1.54) is 12.1 Å². The summed E-state index contributed by atoms with van der Waals surface area (Å²) in [7, 11) is -3.70. The smallest absolute Gasteiger partial charge is 0.329 e. The number of nitrogens with one attached hydrogen (secondary N) is 3. The summed E-state index contributed by atoms with van der Waals surface area (Å²) in [6.07, 6.45) is 0.642. The number of benzene rings is 1. The van der Waals surface area contributed by atoms with Gasteiger partial charge < -0.3 is 24.8 Å². The van der Waals surface area contributed by atoms with Crippen LogP contribution >= 0.6 is 22.6 Å². The minimum Gasteiger partial charge on any atom is -0.460 e. The van der Waals surface area contributed by atoms with Crippen molar-refractivity contribution in [2.75, 3.05) is 6.54 Å².